The SMILES string of the molecule is Cc1ccc(C)c(CN(C)C(=O)c2cccc(N)c2)c1. The fourth-order valence-electron chi connectivity index (χ4n) is 2.19. The number of benzene rings is 2. The second kappa shape index (κ2) is 5.78. The van der Waals surface area contributed by atoms with Crippen LogP contribution in [0.15, 0.2) is 42.5 Å². The van der Waals surface area contributed by atoms with Gasteiger partial charge in [0.2, 0.25) is 0 Å². The summed E-state index contributed by atoms with van der Waals surface area (Å²) in [6.45, 7) is 4.72. The molecule has 1 amide bonds. The molecule has 20 heavy (non-hydrogen) atoms. The van der Waals surface area contributed by atoms with E-state index in [2.05, 4.69) is 32.0 Å². The fraction of sp³-hybridized carbons (Fsp3) is 0.235. The Labute approximate surface area is 120 Å². The number of nitrogen functional groups attached to an aromatic ring is 1. The summed E-state index contributed by atoms with van der Waals surface area (Å²) in [5, 5.41) is 0. The fourth-order valence-corrected chi connectivity index (χ4v) is 2.19. The molecule has 104 valence electrons. The maximum Gasteiger partial charge on any atom is 0.253 e. The molecular weight excluding hydrogens is 248 g/mol. The Morgan fingerprint density at radius 3 is 2.60 bits per heavy atom. The van der Waals surface area contributed by atoms with E-state index >= 15 is 0 Å². The van der Waals surface area contributed by atoms with Crippen molar-refractivity contribution in [2.45, 2.75) is 20.4 Å². The van der Waals surface area contributed by atoms with Crippen LogP contribution < -0.4 is 5.73 Å². The molecule has 0 aliphatic rings. The van der Waals surface area contributed by atoms with Crippen LogP contribution in [-0.4, -0.2) is 17.9 Å². The number of carbonyl (C=O) groups excluding carboxylic acids is 1. The normalized spacial score (nSPS) is 10.3. The standard InChI is InChI=1S/C17H20N2O/c1-12-7-8-13(2)15(9-12)11-19(3)17(20)14-5-4-6-16(18)10-14/h4-10H,11,18H2,1-3H3. The summed E-state index contributed by atoms with van der Waals surface area (Å²) >= 11 is 0. The van der Waals surface area contributed by atoms with Crippen LogP contribution in [0.5, 0.6) is 0 Å². The molecule has 2 N–H and O–H groups in total. The van der Waals surface area contributed by atoms with Crippen molar-refractivity contribution in [1.82, 2.24) is 4.90 Å². The van der Waals surface area contributed by atoms with Crippen molar-refractivity contribution in [2.24, 2.45) is 0 Å². The molecule has 0 aromatic heterocycles. The number of aryl methyl sites for hydroxylation is 2. The molecule has 0 spiro atoms. The molecule has 0 unspecified atom stereocenters. The third-order valence-electron chi connectivity index (χ3n) is 3.39. The van der Waals surface area contributed by atoms with Crippen LogP contribution >= 0.6 is 0 Å². The smallest absolute Gasteiger partial charge is 0.253 e. The topological polar surface area (TPSA) is 46.3 Å². The molecule has 0 fully saturated rings. The molecular formula is C17H20N2O. The molecule has 0 saturated carbocycles. The van der Waals surface area contributed by atoms with Gasteiger partial charge in [-0.2, -0.15) is 0 Å². The quantitative estimate of drug-likeness (QED) is 0.869. The molecule has 0 aliphatic carbocycles. The minimum Gasteiger partial charge on any atom is -0.399 e. The zero-order valence-corrected chi connectivity index (χ0v) is 12.2. The van der Waals surface area contributed by atoms with Crippen molar-refractivity contribution < 1.29 is 4.79 Å². The first-order valence-electron chi connectivity index (χ1n) is 6.64. The summed E-state index contributed by atoms with van der Waals surface area (Å²) in [4.78, 5) is 14.1. The van der Waals surface area contributed by atoms with Gasteiger partial charge in [0.05, 0.1) is 0 Å². The Morgan fingerprint density at radius 1 is 1.15 bits per heavy atom. The minimum absolute atomic E-state index is 0.0155. The largest absolute Gasteiger partial charge is 0.399 e. The Hall–Kier alpha value is -2.29. The molecule has 0 atom stereocenters. The van der Waals surface area contributed by atoms with Crippen LogP contribution in [-0.2, 0) is 6.54 Å². The molecule has 0 heterocycles. The van der Waals surface area contributed by atoms with E-state index in [1.165, 1.54) is 16.7 Å². The second-order valence-corrected chi connectivity index (χ2v) is 5.22. The van der Waals surface area contributed by atoms with Crippen LogP contribution in [0.25, 0.3) is 0 Å². The third-order valence-corrected chi connectivity index (χ3v) is 3.39. The molecule has 0 saturated heterocycles. The Balaban J connectivity index is 2.17. The van der Waals surface area contributed by atoms with Gasteiger partial charge < -0.3 is 10.6 Å². The molecule has 3 heteroatoms. The summed E-state index contributed by atoms with van der Waals surface area (Å²) in [6, 6.07) is 13.4. The number of amides is 1. The number of carbonyl (C=O) groups is 1. The van der Waals surface area contributed by atoms with Gasteiger partial charge in [0, 0.05) is 24.8 Å². The van der Waals surface area contributed by atoms with Gasteiger partial charge in [0.15, 0.2) is 0 Å². The summed E-state index contributed by atoms with van der Waals surface area (Å²) in [5.41, 5.74) is 10.5. The monoisotopic (exact) mass is 268 g/mol. The summed E-state index contributed by atoms with van der Waals surface area (Å²) in [5.74, 6) is -0.0155. The van der Waals surface area contributed by atoms with Crippen molar-refractivity contribution in [1.29, 1.82) is 0 Å². The number of hydrogen-bond acceptors (Lipinski definition) is 2. The zero-order valence-electron chi connectivity index (χ0n) is 12.2. The number of nitrogens with zero attached hydrogens (tertiary/aromatic N) is 1. The predicted molar refractivity (Wildman–Crippen MR) is 82.6 cm³/mol. The molecule has 0 aliphatic heterocycles. The maximum absolute atomic E-state index is 12.4. The predicted octanol–water partition coefficient (Wildman–Crippen LogP) is 3.16. The van der Waals surface area contributed by atoms with Crippen LogP contribution in [0.1, 0.15) is 27.0 Å². The summed E-state index contributed by atoms with van der Waals surface area (Å²) in [6.07, 6.45) is 0. The second-order valence-electron chi connectivity index (χ2n) is 5.22. The van der Waals surface area contributed by atoms with E-state index in [4.69, 9.17) is 5.73 Å². The first-order chi connectivity index (χ1) is 9.47. The van der Waals surface area contributed by atoms with Gasteiger partial charge in [-0.15, -0.1) is 0 Å². The molecule has 2 aromatic carbocycles. The van der Waals surface area contributed by atoms with Gasteiger partial charge in [0.25, 0.3) is 5.91 Å². The van der Waals surface area contributed by atoms with E-state index in [9.17, 15) is 4.79 Å². The minimum atomic E-state index is -0.0155. The average molecular weight is 268 g/mol. The van der Waals surface area contributed by atoms with Gasteiger partial charge >= 0.3 is 0 Å². The first-order valence-corrected chi connectivity index (χ1v) is 6.64. The van der Waals surface area contributed by atoms with E-state index in [-0.39, 0.29) is 5.91 Å². The van der Waals surface area contributed by atoms with Crippen molar-refractivity contribution >= 4 is 11.6 Å². The van der Waals surface area contributed by atoms with E-state index < -0.39 is 0 Å². The summed E-state index contributed by atoms with van der Waals surface area (Å²) in [7, 11) is 1.81. The first kappa shape index (κ1) is 14.1. The highest BCUT2D eigenvalue weighted by Crippen LogP contribution is 2.15. The third kappa shape index (κ3) is 3.18. The lowest BCUT2D eigenvalue weighted by Crippen LogP contribution is -2.26. The maximum atomic E-state index is 12.4. The van der Waals surface area contributed by atoms with E-state index in [1.54, 1.807) is 29.2 Å². The van der Waals surface area contributed by atoms with Gasteiger partial charge in [-0.25, -0.2) is 0 Å². The van der Waals surface area contributed by atoms with E-state index in [0.717, 1.165) is 0 Å². The zero-order chi connectivity index (χ0) is 14.7. The van der Waals surface area contributed by atoms with Crippen LogP contribution in [0, 0.1) is 13.8 Å². The Morgan fingerprint density at radius 2 is 1.90 bits per heavy atom. The van der Waals surface area contributed by atoms with E-state index in [1.807, 2.05) is 7.05 Å². The van der Waals surface area contributed by atoms with Crippen molar-refractivity contribution in [3.63, 3.8) is 0 Å². The lowest BCUT2D eigenvalue weighted by molar-refractivity contribution is 0.0785. The molecule has 2 aromatic rings. The lowest BCUT2D eigenvalue weighted by atomic mass is 10.0. The number of nitrogens with two attached hydrogens (primary N) is 1. The van der Waals surface area contributed by atoms with Gasteiger partial charge in [-0.1, -0.05) is 29.8 Å². The lowest BCUT2D eigenvalue weighted by Gasteiger charge is -2.19. The van der Waals surface area contributed by atoms with Crippen LogP contribution in [0.4, 0.5) is 5.69 Å². The van der Waals surface area contributed by atoms with Gasteiger partial charge in [-0.3, -0.25) is 4.79 Å². The molecule has 0 radical (unpaired) electrons. The highest BCUT2D eigenvalue weighted by molar-refractivity contribution is 5.94. The van der Waals surface area contributed by atoms with Crippen LogP contribution in [0.3, 0.4) is 0 Å². The van der Waals surface area contributed by atoms with Crippen molar-refractivity contribution in [3.8, 4) is 0 Å². The number of anilines is 1. The van der Waals surface area contributed by atoms with E-state index in [0.29, 0.717) is 17.8 Å². The molecule has 2 rings (SSSR count). The van der Waals surface area contributed by atoms with Gasteiger partial charge in [-0.05, 0) is 43.2 Å². The Bertz CT molecular complexity index is 635. The van der Waals surface area contributed by atoms with Crippen LogP contribution in [0.2, 0.25) is 0 Å². The average Bonchev–Trinajstić information content (AvgIpc) is 2.42. The number of hydrogen-bond donors (Lipinski definition) is 1. The highest BCUT2D eigenvalue weighted by atomic mass is 16.2. The Kier molecular flexibility index (Phi) is 4.08. The molecule has 0 bridgehead atoms. The van der Waals surface area contributed by atoms with Crippen molar-refractivity contribution in [2.75, 3.05) is 12.8 Å². The number of rotatable bonds is 3. The molecule has 3 nitrogen and oxygen atoms in total. The van der Waals surface area contributed by atoms with Crippen molar-refractivity contribution in [3.05, 3.63) is 64.7 Å². The summed E-state index contributed by atoms with van der Waals surface area (Å²) < 4.78 is 0. The van der Waals surface area contributed by atoms with Gasteiger partial charge in [0.1, 0.15) is 0 Å². The highest BCUT2D eigenvalue weighted by Gasteiger charge is 2.13.